The van der Waals surface area contributed by atoms with Crippen molar-refractivity contribution in [2.24, 2.45) is 10.8 Å². The van der Waals surface area contributed by atoms with Crippen LogP contribution >= 0.6 is 0 Å². The summed E-state index contributed by atoms with van der Waals surface area (Å²) < 4.78 is 14.1. The Bertz CT molecular complexity index is 1680. The molecule has 5 rings (SSSR count). The van der Waals surface area contributed by atoms with Gasteiger partial charge in [-0.15, -0.1) is 29.1 Å². The molecule has 0 amide bonds. The summed E-state index contributed by atoms with van der Waals surface area (Å²) in [5, 5.41) is 15.4. The Balaban J connectivity index is 0.000000260. The Labute approximate surface area is 243 Å². The van der Waals surface area contributed by atoms with Gasteiger partial charge >= 0.3 is 0 Å². The van der Waals surface area contributed by atoms with Crippen molar-refractivity contribution in [3.05, 3.63) is 103 Å². The van der Waals surface area contributed by atoms with Crippen molar-refractivity contribution in [3.8, 4) is 11.3 Å². The van der Waals surface area contributed by atoms with Crippen molar-refractivity contribution in [1.82, 2.24) is 4.98 Å². The molecule has 1 heterocycles. The predicted octanol–water partition coefficient (Wildman–Crippen LogP) is 9.23. The molecule has 0 aliphatic rings. The van der Waals surface area contributed by atoms with E-state index >= 15 is 0 Å². The second-order valence-electron chi connectivity index (χ2n) is 11.5. The first kappa shape index (κ1) is 30.1. The third-order valence-corrected chi connectivity index (χ3v) is 6.46. The minimum absolute atomic E-state index is 0. The number of carbonyl (C=O) groups excluding carboxylic acids is 1. The first-order valence-electron chi connectivity index (χ1n) is 12.7. The molecule has 0 spiro atoms. The Kier molecular flexibility index (Phi) is 9.10. The van der Waals surface area contributed by atoms with Gasteiger partial charge in [0.15, 0.2) is 5.78 Å². The SMILES string of the molecule is CC(C)(C)C(=O)/C=C(\O)C(C)(C)C.Fc1cccc2c1ccc1c(-c3[c-]cc4ccccc4c3)nccc12.[Ir]. The fourth-order valence-corrected chi connectivity index (χ4v) is 4.02. The van der Waals surface area contributed by atoms with Crippen LogP contribution in [0.25, 0.3) is 43.6 Å². The summed E-state index contributed by atoms with van der Waals surface area (Å²) in [6, 6.07) is 26.6. The summed E-state index contributed by atoms with van der Waals surface area (Å²) in [7, 11) is 0. The summed E-state index contributed by atoms with van der Waals surface area (Å²) in [5.41, 5.74) is 1.05. The van der Waals surface area contributed by atoms with Crippen LogP contribution < -0.4 is 0 Å². The van der Waals surface area contributed by atoms with Crippen LogP contribution in [0.3, 0.4) is 0 Å². The van der Waals surface area contributed by atoms with Gasteiger partial charge in [-0.25, -0.2) is 4.39 Å². The molecule has 0 saturated heterocycles. The van der Waals surface area contributed by atoms with Crippen LogP contribution in [0.4, 0.5) is 4.39 Å². The number of allylic oxidation sites excluding steroid dienone is 2. The van der Waals surface area contributed by atoms with Gasteiger partial charge in [0.1, 0.15) is 11.6 Å². The van der Waals surface area contributed by atoms with E-state index in [1.165, 1.54) is 12.1 Å². The second-order valence-corrected chi connectivity index (χ2v) is 11.5. The molecule has 0 aliphatic heterocycles. The topological polar surface area (TPSA) is 50.2 Å². The number of halogens is 1. The minimum Gasteiger partial charge on any atom is -0.512 e. The summed E-state index contributed by atoms with van der Waals surface area (Å²) >= 11 is 0. The maximum atomic E-state index is 14.1. The Morgan fingerprint density at radius 1 is 0.821 bits per heavy atom. The molecule has 0 fully saturated rings. The van der Waals surface area contributed by atoms with Crippen LogP contribution in [0.1, 0.15) is 41.5 Å². The van der Waals surface area contributed by atoms with E-state index in [0.717, 1.165) is 38.2 Å². The zero-order valence-electron chi connectivity index (χ0n) is 23.1. The van der Waals surface area contributed by atoms with Crippen LogP contribution in [0, 0.1) is 22.7 Å². The number of hydrogen-bond acceptors (Lipinski definition) is 3. The molecule has 1 aromatic heterocycles. The molecule has 1 N–H and O–H groups in total. The number of ketones is 1. The van der Waals surface area contributed by atoms with Gasteiger partial charge in [0, 0.05) is 48.6 Å². The van der Waals surface area contributed by atoms with E-state index in [1.807, 2.05) is 84.0 Å². The monoisotopic (exact) mass is 699 g/mol. The molecule has 1 radical (unpaired) electrons. The van der Waals surface area contributed by atoms with Crippen molar-refractivity contribution in [3.63, 3.8) is 0 Å². The van der Waals surface area contributed by atoms with Gasteiger partial charge in [-0.2, -0.15) is 0 Å². The van der Waals surface area contributed by atoms with Gasteiger partial charge in [-0.3, -0.25) is 4.79 Å². The normalized spacial score (nSPS) is 12.1. The van der Waals surface area contributed by atoms with E-state index in [-0.39, 0.29) is 42.9 Å². The first-order valence-corrected chi connectivity index (χ1v) is 12.7. The van der Waals surface area contributed by atoms with Gasteiger partial charge in [-0.1, -0.05) is 95.5 Å². The smallest absolute Gasteiger partial charge is 0.164 e. The van der Waals surface area contributed by atoms with Crippen molar-refractivity contribution < 1.29 is 34.4 Å². The van der Waals surface area contributed by atoms with Crippen LogP contribution in [0.5, 0.6) is 0 Å². The van der Waals surface area contributed by atoms with Crippen molar-refractivity contribution in [2.45, 2.75) is 41.5 Å². The molecular formula is C34H33FIrNO2-. The van der Waals surface area contributed by atoms with Gasteiger partial charge < -0.3 is 10.1 Å². The van der Waals surface area contributed by atoms with Crippen molar-refractivity contribution >= 4 is 38.1 Å². The van der Waals surface area contributed by atoms with E-state index in [0.29, 0.717) is 5.39 Å². The number of hydrogen-bond donors (Lipinski definition) is 1. The van der Waals surface area contributed by atoms with Crippen molar-refractivity contribution in [2.75, 3.05) is 0 Å². The van der Waals surface area contributed by atoms with E-state index in [9.17, 15) is 14.3 Å². The molecule has 0 bridgehead atoms. The Morgan fingerprint density at radius 2 is 1.46 bits per heavy atom. The molecule has 5 aromatic rings. The molecule has 203 valence electrons. The molecule has 3 nitrogen and oxygen atoms in total. The predicted molar refractivity (Wildman–Crippen MR) is 156 cm³/mol. The minimum atomic E-state index is -0.417. The zero-order valence-corrected chi connectivity index (χ0v) is 25.5. The second kappa shape index (κ2) is 11.8. The summed E-state index contributed by atoms with van der Waals surface area (Å²) in [4.78, 5) is 16.1. The van der Waals surface area contributed by atoms with E-state index < -0.39 is 5.41 Å². The van der Waals surface area contributed by atoms with Crippen LogP contribution in [-0.2, 0) is 24.9 Å². The maximum absolute atomic E-state index is 14.1. The number of nitrogens with zero attached hydrogens (tertiary/aromatic N) is 1. The molecule has 4 aromatic carbocycles. The molecule has 0 atom stereocenters. The molecule has 0 unspecified atom stereocenters. The third-order valence-electron chi connectivity index (χ3n) is 6.46. The van der Waals surface area contributed by atoms with Crippen LogP contribution in [0.15, 0.2) is 90.8 Å². The number of rotatable bonds is 2. The largest absolute Gasteiger partial charge is 0.512 e. The molecule has 39 heavy (non-hydrogen) atoms. The summed E-state index contributed by atoms with van der Waals surface area (Å²) in [5.74, 6) is -0.0950. The number of carbonyl (C=O) groups is 1. The number of aromatic nitrogens is 1. The van der Waals surface area contributed by atoms with Gasteiger partial charge in [-0.05, 0) is 34.0 Å². The average Bonchev–Trinajstić information content (AvgIpc) is 2.87. The van der Waals surface area contributed by atoms with Gasteiger partial charge in [0.25, 0.3) is 0 Å². The quantitative estimate of drug-likeness (QED) is 0.0866. The number of pyridine rings is 1. The third kappa shape index (κ3) is 6.79. The van der Waals surface area contributed by atoms with Gasteiger partial charge in [0.05, 0.1) is 0 Å². The molecule has 0 aliphatic carbocycles. The summed E-state index contributed by atoms with van der Waals surface area (Å²) in [6.07, 6.45) is 3.12. The maximum Gasteiger partial charge on any atom is 0.164 e. The van der Waals surface area contributed by atoms with E-state index in [2.05, 4.69) is 29.2 Å². The first-order chi connectivity index (χ1) is 17.9. The van der Waals surface area contributed by atoms with E-state index in [4.69, 9.17) is 0 Å². The Hall–Kier alpha value is -3.40. The molecular weight excluding hydrogens is 666 g/mol. The van der Waals surface area contributed by atoms with E-state index in [1.54, 1.807) is 12.3 Å². The zero-order chi connectivity index (χ0) is 27.7. The van der Waals surface area contributed by atoms with Crippen LogP contribution in [-0.4, -0.2) is 15.9 Å². The summed E-state index contributed by atoms with van der Waals surface area (Å²) in [6.45, 7) is 11.1. The number of aliphatic hydroxyl groups is 1. The fourth-order valence-electron chi connectivity index (χ4n) is 4.02. The fraction of sp³-hybridized carbons (Fsp3) is 0.235. The van der Waals surface area contributed by atoms with Crippen LogP contribution in [0.2, 0.25) is 0 Å². The standard InChI is InChI=1S/C23H13FN.C11H20O2.Ir/c24-22-7-3-6-18-19-12-13-25-23(21(19)11-10-20(18)22)17-9-8-15-4-1-2-5-16(15)14-17;1-10(2,3)8(12)7-9(13)11(4,5)6;/h1-8,10-14H;7,12H,1-6H3;/q-1;;/b;8-7-;. The number of benzene rings is 4. The average molecular weight is 699 g/mol. The van der Waals surface area contributed by atoms with Crippen molar-refractivity contribution in [1.29, 1.82) is 0 Å². The van der Waals surface area contributed by atoms with Gasteiger partial charge in [0.2, 0.25) is 0 Å². The molecule has 5 heteroatoms. The Morgan fingerprint density at radius 3 is 2.13 bits per heavy atom. The molecule has 0 saturated carbocycles. The number of aliphatic hydroxyl groups excluding tert-OH is 1. The number of fused-ring (bicyclic) bond motifs is 4.